The van der Waals surface area contributed by atoms with Gasteiger partial charge in [0.15, 0.2) is 5.78 Å². The average Bonchev–Trinajstić information content (AvgIpc) is 1.77. The van der Waals surface area contributed by atoms with Gasteiger partial charge in [-0.2, -0.15) is 0 Å². The molecule has 0 radical (unpaired) electrons. The van der Waals surface area contributed by atoms with Crippen molar-refractivity contribution in [3.8, 4) is 0 Å². The first-order chi connectivity index (χ1) is 3.79. The maximum atomic E-state index is 10.3. The topological polar surface area (TPSA) is 46.5 Å². The van der Waals surface area contributed by atoms with Crippen molar-refractivity contribution in [1.82, 2.24) is 0 Å². The highest BCUT2D eigenvalue weighted by atomic mass is 16.2. The van der Waals surface area contributed by atoms with Gasteiger partial charge >= 0.3 is 0 Å². The Kier molecular flexibility index (Phi) is 1.20. The number of carbonyl (C=O) groups excluding carboxylic acids is 2. The molecular weight excluding hydrogens is 106 g/mol. The number of carbonyl (C=O) groups is 2. The van der Waals surface area contributed by atoms with E-state index in [-0.39, 0.29) is 18.1 Å². The van der Waals surface area contributed by atoms with Crippen LogP contribution in [0.4, 0.5) is 0 Å². The van der Waals surface area contributed by atoms with E-state index in [2.05, 4.69) is 4.99 Å². The summed E-state index contributed by atoms with van der Waals surface area (Å²) in [5, 5.41) is 0. The molecule has 3 nitrogen and oxygen atoms in total. The summed E-state index contributed by atoms with van der Waals surface area (Å²) in [6.07, 6.45) is 1.71. The molecule has 0 bridgehead atoms. The first-order valence-corrected chi connectivity index (χ1v) is 2.39. The largest absolute Gasteiger partial charge is 0.293 e. The molecule has 8 heavy (non-hydrogen) atoms. The normalized spacial score (nSPS) is 19.5. The predicted octanol–water partition coefficient (Wildman–Crippen LogP) is -0.0533. The van der Waals surface area contributed by atoms with Gasteiger partial charge in [0.1, 0.15) is 0 Å². The van der Waals surface area contributed by atoms with E-state index in [9.17, 15) is 9.59 Å². The first kappa shape index (κ1) is 5.15. The van der Waals surface area contributed by atoms with E-state index < -0.39 is 0 Å². The summed E-state index contributed by atoms with van der Waals surface area (Å²) < 4.78 is 0. The summed E-state index contributed by atoms with van der Waals surface area (Å²) >= 11 is 0. The lowest BCUT2D eigenvalue weighted by Gasteiger charge is -1.96. The van der Waals surface area contributed by atoms with Crippen LogP contribution >= 0.6 is 0 Å². The van der Waals surface area contributed by atoms with Crippen molar-refractivity contribution in [2.24, 2.45) is 4.99 Å². The lowest BCUT2D eigenvalue weighted by molar-refractivity contribution is -0.122. The Labute approximate surface area is 46.4 Å². The van der Waals surface area contributed by atoms with Crippen LogP contribution in [0.25, 0.3) is 0 Å². The van der Waals surface area contributed by atoms with Gasteiger partial charge < -0.3 is 0 Å². The highest BCUT2D eigenvalue weighted by Gasteiger charge is 2.08. The summed E-state index contributed by atoms with van der Waals surface area (Å²) in [6, 6.07) is 0. The van der Waals surface area contributed by atoms with Gasteiger partial charge in [0.25, 0.3) is 0 Å². The lowest BCUT2D eigenvalue weighted by atomic mass is 10.2. The highest BCUT2D eigenvalue weighted by Crippen LogP contribution is 1.97. The molecule has 1 rings (SSSR count). The Bertz CT molecular complexity index is 142. The van der Waals surface area contributed by atoms with Crippen LogP contribution in [0, 0.1) is 0 Å². The van der Waals surface area contributed by atoms with Crippen LogP contribution in [-0.4, -0.2) is 17.9 Å². The Morgan fingerprint density at radius 1 is 1.38 bits per heavy atom. The van der Waals surface area contributed by atoms with Crippen molar-refractivity contribution in [1.29, 1.82) is 0 Å². The number of amides is 1. The molecule has 0 unspecified atom stereocenters. The minimum atomic E-state index is -0.190. The molecule has 0 spiro atoms. The zero-order chi connectivity index (χ0) is 5.98. The third-order valence-electron chi connectivity index (χ3n) is 0.938. The van der Waals surface area contributed by atoms with E-state index in [4.69, 9.17) is 0 Å². The molecule has 1 heterocycles. The molecule has 1 amide bonds. The third kappa shape index (κ3) is 0.992. The maximum absolute atomic E-state index is 10.3. The molecular formula is C5H5NO2. The van der Waals surface area contributed by atoms with E-state index >= 15 is 0 Å². The Morgan fingerprint density at radius 2 is 2.12 bits per heavy atom. The number of nitrogens with zero attached hydrogens (tertiary/aromatic N) is 1. The quantitative estimate of drug-likeness (QED) is 0.440. The molecule has 0 fully saturated rings. The molecule has 0 N–H and O–H groups in total. The molecule has 0 aromatic rings. The molecule has 0 saturated heterocycles. The lowest BCUT2D eigenvalue weighted by Crippen LogP contribution is -2.10. The average molecular weight is 111 g/mol. The van der Waals surface area contributed by atoms with Crippen molar-refractivity contribution in [2.45, 2.75) is 12.8 Å². The zero-order valence-electron chi connectivity index (χ0n) is 4.26. The summed E-state index contributed by atoms with van der Waals surface area (Å²) in [6.45, 7) is 0. The molecule has 0 aromatic heterocycles. The number of hydrogen-bond acceptors (Lipinski definition) is 2. The minimum absolute atomic E-state index is 0.0513. The molecule has 1 aliphatic rings. The van der Waals surface area contributed by atoms with Gasteiger partial charge in [-0.1, -0.05) is 0 Å². The molecule has 0 saturated carbocycles. The van der Waals surface area contributed by atoms with E-state index in [0.717, 1.165) is 6.21 Å². The van der Waals surface area contributed by atoms with E-state index in [1.165, 1.54) is 0 Å². The van der Waals surface area contributed by atoms with Crippen LogP contribution in [0.2, 0.25) is 0 Å². The smallest absolute Gasteiger partial charge is 0.246 e. The third-order valence-corrected chi connectivity index (χ3v) is 0.938. The molecule has 0 aromatic carbocycles. The van der Waals surface area contributed by atoms with E-state index in [1.807, 2.05) is 0 Å². The van der Waals surface area contributed by atoms with Crippen LogP contribution in [0.1, 0.15) is 12.8 Å². The molecule has 0 atom stereocenters. The molecule has 3 heteroatoms. The van der Waals surface area contributed by atoms with Crippen LogP contribution in [0.3, 0.4) is 0 Å². The number of rotatable bonds is 0. The van der Waals surface area contributed by atoms with Gasteiger partial charge in [0, 0.05) is 12.8 Å². The second kappa shape index (κ2) is 1.86. The number of Topliss-reactive ketones (excluding diaryl/α,β-unsaturated/α-hetero) is 1. The molecule has 1 aliphatic heterocycles. The zero-order valence-corrected chi connectivity index (χ0v) is 4.26. The predicted molar refractivity (Wildman–Crippen MR) is 27.7 cm³/mol. The van der Waals surface area contributed by atoms with E-state index in [0.29, 0.717) is 6.42 Å². The summed E-state index contributed by atoms with van der Waals surface area (Å²) in [7, 11) is 0. The number of aliphatic imine (C=N–C) groups is 1. The van der Waals surface area contributed by atoms with Crippen molar-refractivity contribution in [3.63, 3.8) is 0 Å². The molecule has 0 aliphatic carbocycles. The van der Waals surface area contributed by atoms with Crippen LogP contribution in [-0.2, 0) is 9.59 Å². The highest BCUT2D eigenvalue weighted by molar-refractivity contribution is 6.31. The van der Waals surface area contributed by atoms with Gasteiger partial charge in [0.05, 0.1) is 6.21 Å². The first-order valence-electron chi connectivity index (χ1n) is 2.39. The van der Waals surface area contributed by atoms with E-state index in [1.54, 1.807) is 0 Å². The van der Waals surface area contributed by atoms with Crippen molar-refractivity contribution < 1.29 is 9.59 Å². The van der Waals surface area contributed by atoms with Crippen molar-refractivity contribution >= 4 is 17.9 Å². The van der Waals surface area contributed by atoms with Crippen LogP contribution in [0.5, 0.6) is 0 Å². The summed E-state index contributed by atoms with van der Waals surface area (Å²) in [5.74, 6) is -0.241. The van der Waals surface area contributed by atoms with Gasteiger partial charge in [-0.25, -0.2) is 4.99 Å². The maximum Gasteiger partial charge on any atom is 0.246 e. The second-order valence-electron chi connectivity index (χ2n) is 1.62. The molecule has 42 valence electrons. The van der Waals surface area contributed by atoms with Crippen LogP contribution in [0.15, 0.2) is 4.99 Å². The Balaban J connectivity index is 2.68. The van der Waals surface area contributed by atoms with Gasteiger partial charge in [-0.05, 0) is 0 Å². The monoisotopic (exact) mass is 111 g/mol. The van der Waals surface area contributed by atoms with Crippen LogP contribution < -0.4 is 0 Å². The van der Waals surface area contributed by atoms with Crippen molar-refractivity contribution in [3.05, 3.63) is 0 Å². The fourth-order valence-electron chi connectivity index (χ4n) is 0.503. The minimum Gasteiger partial charge on any atom is -0.293 e. The Morgan fingerprint density at radius 3 is 2.50 bits per heavy atom. The van der Waals surface area contributed by atoms with Crippen molar-refractivity contribution in [2.75, 3.05) is 0 Å². The van der Waals surface area contributed by atoms with Gasteiger partial charge in [-0.15, -0.1) is 0 Å². The second-order valence-corrected chi connectivity index (χ2v) is 1.62. The number of hydrogen-bond donors (Lipinski definition) is 0. The van der Waals surface area contributed by atoms with Gasteiger partial charge in [-0.3, -0.25) is 9.59 Å². The Hall–Kier alpha value is -0.990. The fourth-order valence-corrected chi connectivity index (χ4v) is 0.503. The fraction of sp³-hybridized carbons (Fsp3) is 0.400. The number of ketones is 1. The SMILES string of the molecule is O=C1C=NC(=O)CC1. The summed E-state index contributed by atoms with van der Waals surface area (Å²) in [4.78, 5) is 23.9. The standard InChI is InChI=1S/C5H5NO2/c7-4-1-2-5(8)6-3-4/h3H,1-2H2. The van der Waals surface area contributed by atoms with Gasteiger partial charge in [0.2, 0.25) is 5.91 Å². The summed E-state index contributed by atoms with van der Waals surface area (Å²) in [5.41, 5.74) is 0.